The van der Waals surface area contributed by atoms with Crippen LogP contribution in [0.25, 0.3) is 0 Å². The Hall–Kier alpha value is -1.71. The first-order valence-electron chi connectivity index (χ1n) is 3.60. The fourth-order valence-electron chi connectivity index (χ4n) is 1.14. The molecule has 2 rings (SSSR count). The number of nitrogens with two attached hydrogens (primary N) is 1. The maximum atomic E-state index is 10.7. The fourth-order valence-corrected chi connectivity index (χ4v) is 1.14. The molecule has 1 aliphatic heterocycles. The van der Waals surface area contributed by atoms with Crippen molar-refractivity contribution in [3.63, 3.8) is 0 Å². The maximum Gasteiger partial charge on any atom is 0.412 e. The van der Waals surface area contributed by atoms with E-state index in [1.807, 2.05) is 0 Å². The SMILES string of the molecule is Nc1ccc2c(c1)CNC(=O)O2. The number of amides is 1. The van der Waals surface area contributed by atoms with Crippen LogP contribution in [0.2, 0.25) is 0 Å². The number of fused-ring (bicyclic) bond motifs is 1. The van der Waals surface area contributed by atoms with Crippen molar-refractivity contribution in [2.75, 3.05) is 5.73 Å². The molecule has 0 atom stereocenters. The van der Waals surface area contributed by atoms with Gasteiger partial charge < -0.3 is 15.8 Å². The lowest BCUT2D eigenvalue weighted by molar-refractivity contribution is 0.194. The molecule has 1 heterocycles. The van der Waals surface area contributed by atoms with Crippen molar-refractivity contribution in [1.29, 1.82) is 0 Å². The number of anilines is 1. The lowest BCUT2D eigenvalue weighted by atomic mass is 10.1. The molecule has 0 radical (unpaired) electrons. The van der Waals surface area contributed by atoms with E-state index in [9.17, 15) is 4.79 Å². The Morgan fingerprint density at radius 3 is 3.17 bits per heavy atom. The average Bonchev–Trinajstić information content (AvgIpc) is 2.05. The maximum absolute atomic E-state index is 10.7. The Balaban J connectivity index is 2.43. The minimum absolute atomic E-state index is 0.410. The molecule has 1 aromatic carbocycles. The monoisotopic (exact) mass is 164 g/mol. The highest BCUT2D eigenvalue weighted by Crippen LogP contribution is 2.23. The van der Waals surface area contributed by atoms with Gasteiger partial charge in [0.2, 0.25) is 0 Å². The van der Waals surface area contributed by atoms with Gasteiger partial charge in [-0.25, -0.2) is 4.79 Å². The van der Waals surface area contributed by atoms with Crippen molar-refractivity contribution in [2.45, 2.75) is 6.54 Å². The van der Waals surface area contributed by atoms with Crippen molar-refractivity contribution >= 4 is 11.8 Å². The molecule has 0 aliphatic carbocycles. The van der Waals surface area contributed by atoms with Crippen molar-refractivity contribution in [3.8, 4) is 5.75 Å². The van der Waals surface area contributed by atoms with Gasteiger partial charge in [-0.05, 0) is 18.2 Å². The van der Waals surface area contributed by atoms with Crippen LogP contribution in [0.4, 0.5) is 10.5 Å². The van der Waals surface area contributed by atoms with E-state index in [0.717, 1.165) is 5.56 Å². The lowest BCUT2D eigenvalue weighted by Gasteiger charge is -2.16. The van der Waals surface area contributed by atoms with E-state index in [0.29, 0.717) is 18.0 Å². The molecular weight excluding hydrogens is 156 g/mol. The number of carbonyl (C=O) groups is 1. The molecule has 12 heavy (non-hydrogen) atoms. The van der Waals surface area contributed by atoms with Gasteiger partial charge in [0, 0.05) is 17.8 Å². The normalized spacial score (nSPS) is 14.5. The first kappa shape index (κ1) is 6.97. The highest BCUT2D eigenvalue weighted by atomic mass is 16.6. The Bertz CT molecular complexity index is 336. The molecule has 0 bridgehead atoms. The van der Waals surface area contributed by atoms with Gasteiger partial charge in [-0.3, -0.25) is 0 Å². The fraction of sp³-hybridized carbons (Fsp3) is 0.125. The van der Waals surface area contributed by atoms with E-state index in [4.69, 9.17) is 10.5 Å². The number of hydrogen-bond donors (Lipinski definition) is 2. The molecule has 0 spiro atoms. The molecule has 1 aliphatic rings. The van der Waals surface area contributed by atoms with Gasteiger partial charge in [0.1, 0.15) is 5.75 Å². The number of rotatable bonds is 0. The minimum atomic E-state index is -0.410. The van der Waals surface area contributed by atoms with Crippen molar-refractivity contribution < 1.29 is 9.53 Å². The molecule has 0 fully saturated rings. The molecule has 0 saturated carbocycles. The number of ether oxygens (including phenoxy) is 1. The summed E-state index contributed by atoms with van der Waals surface area (Å²) in [5.41, 5.74) is 7.13. The summed E-state index contributed by atoms with van der Waals surface area (Å²) in [6, 6.07) is 5.19. The third-order valence-electron chi connectivity index (χ3n) is 1.71. The van der Waals surface area contributed by atoms with Crippen LogP contribution in [0.15, 0.2) is 18.2 Å². The van der Waals surface area contributed by atoms with E-state index >= 15 is 0 Å². The number of hydrogen-bond acceptors (Lipinski definition) is 3. The molecule has 0 saturated heterocycles. The van der Waals surface area contributed by atoms with Crippen LogP contribution in [0, 0.1) is 0 Å². The Morgan fingerprint density at radius 2 is 2.33 bits per heavy atom. The Labute approximate surface area is 69.3 Å². The summed E-state index contributed by atoms with van der Waals surface area (Å²) < 4.78 is 4.88. The smallest absolute Gasteiger partial charge is 0.410 e. The zero-order valence-electron chi connectivity index (χ0n) is 6.33. The Morgan fingerprint density at radius 1 is 1.50 bits per heavy atom. The van der Waals surface area contributed by atoms with Crippen molar-refractivity contribution in [1.82, 2.24) is 5.32 Å². The first-order chi connectivity index (χ1) is 5.75. The van der Waals surface area contributed by atoms with Crippen LogP contribution in [0.5, 0.6) is 5.75 Å². The first-order valence-corrected chi connectivity index (χ1v) is 3.60. The van der Waals surface area contributed by atoms with E-state index in [1.54, 1.807) is 18.2 Å². The second kappa shape index (κ2) is 2.41. The summed E-state index contributed by atoms with van der Waals surface area (Å²) in [6.07, 6.45) is -0.410. The predicted octanol–water partition coefficient (Wildman–Crippen LogP) is 0.871. The molecular formula is C8H8N2O2. The quantitative estimate of drug-likeness (QED) is 0.559. The summed E-state index contributed by atoms with van der Waals surface area (Å²) >= 11 is 0. The van der Waals surface area contributed by atoms with E-state index < -0.39 is 6.09 Å². The van der Waals surface area contributed by atoms with Crippen LogP contribution in [0.3, 0.4) is 0 Å². The summed E-state index contributed by atoms with van der Waals surface area (Å²) in [7, 11) is 0. The standard InChI is InChI=1S/C8H8N2O2/c9-6-1-2-7-5(3-6)4-10-8(11)12-7/h1-3H,4,9H2,(H,10,11). The number of nitrogens with one attached hydrogen (secondary N) is 1. The topological polar surface area (TPSA) is 64.3 Å². The summed E-state index contributed by atoms with van der Waals surface area (Å²) in [5.74, 6) is 0.591. The van der Waals surface area contributed by atoms with Gasteiger partial charge in [0.05, 0.1) is 0 Å². The molecule has 62 valence electrons. The second-order valence-electron chi connectivity index (χ2n) is 2.61. The van der Waals surface area contributed by atoms with Crippen LogP contribution in [0.1, 0.15) is 5.56 Å². The molecule has 4 heteroatoms. The summed E-state index contributed by atoms with van der Waals surface area (Å²) in [4.78, 5) is 10.7. The van der Waals surface area contributed by atoms with Gasteiger partial charge >= 0.3 is 6.09 Å². The van der Waals surface area contributed by atoms with Gasteiger partial charge in [-0.1, -0.05) is 0 Å². The zero-order chi connectivity index (χ0) is 8.55. The number of nitrogen functional groups attached to an aromatic ring is 1. The third kappa shape index (κ3) is 1.07. The van der Waals surface area contributed by atoms with E-state index in [2.05, 4.69) is 5.32 Å². The summed E-state index contributed by atoms with van der Waals surface area (Å²) in [6.45, 7) is 0.485. The molecule has 1 amide bonds. The molecule has 0 aromatic heterocycles. The number of benzene rings is 1. The van der Waals surface area contributed by atoms with E-state index in [-0.39, 0.29) is 0 Å². The molecule has 0 unspecified atom stereocenters. The van der Waals surface area contributed by atoms with Crippen LogP contribution in [-0.4, -0.2) is 6.09 Å². The molecule has 1 aromatic rings. The number of carbonyl (C=O) groups excluding carboxylic acids is 1. The van der Waals surface area contributed by atoms with Crippen LogP contribution >= 0.6 is 0 Å². The predicted molar refractivity (Wildman–Crippen MR) is 43.7 cm³/mol. The van der Waals surface area contributed by atoms with E-state index in [1.165, 1.54) is 0 Å². The van der Waals surface area contributed by atoms with Gasteiger partial charge in [0.25, 0.3) is 0 Å². The largest absolute Gasteiger partial charge is 0.412 e. The highest BCUT2D eigenvalue weighted by Gasteiger charge is 2.15. The average molecular weight is 164 g/mol. The second-order valence-corrected chi connectivity index (χ2v) is 2.61. The highest BCUT2D eigenvalue weighted by molar-refractivity contribution is 5.73. The van der Waals surface area contributed by atoms with Gasteiger partial charge in [0.15, 0.2) is 0 Å². The van der Waals surface area contributed by atoms with Crippen LogP contribution in [-0.2, 0) is 6.54 Å². The molecule has 4 nitrogen and oxygen atoms in total. The third-order valence-corrected chi connectivity index (χ3v) is 1.71. The minimum Gasteiger partial charge on any atom is -0.410 e. The van der Waals surface area contributed by atoms with Crippen LogP contribution < -0.4 is 15.8 Å². The Kier molecular flexibility index (Phi) is 1.40. The van der Waals surface area contributed by atoms with Gasteiger partial charge in [-0.15, -0.1) is 0 Å². The van der Waals surface area contributed by atoms with Gasteiger partial charge in [-0.2, -0.15) is 0 Å². The lowest BCUT2D eigenvalue weighted by Crippen LogP contribution is -2.31. The zero-order valence-corrected chi connectivity index (χ0v) is 6.33. The van der Waals surface area contributed by atoms with Crippen molar-refractivity contribution in [3.05, 3.63) is 23.8 Å². The molecule has 3 N–H and O–H groups in total. The van der Waals surface area contributed by atoms with Crippen molar-refractivity contribution in [2.24, 2.45) is 0 Å². The summed E-state index contributed by atoms with van der Waals surface area (Å²) in [5, 5.41) is 2.55.